The lowest BCUT2D eigenvalue weighted by Crippen LogP contribution is -2.31. The molecule has 0 saturated heterocycles. The monoisotopic (exact) mass is 451 g/mol. The van der Waals surface area contributed by atoms with Crippen molar-refractivity contribution < 1.29 is 14.3 Å². The molecule has 3 aromatic carbocycles. The van der Waals surface area contributed by atoms with Crippen molar-refractivity contribution in [3.05, 3.63) is 114 Å². The van der Waals surface area contributed by atoms with Crippen LogP contribution in [0.4, 0.5) is 11.4 Å². The normalized spacial score (nSPS) is 12.4. The Morgan fingerprint density at radius 3 is 2.38 bits per heavy atom. The summed E-state index contributed by atoms with van der Waals surface area (Å²) in [5.41, 5.74) is 4.85. The summed E-state index contributed by atoms with van der Waals surface area (Å²) in [6.07, 6.45) is 2.05. The van der Waals surface area contributed by atoms with Gasteiger partial charge in [0.05, 0.1) is 19.2 Å². The van der Waals surface area contributed by atoms with E-state index in [-0.39, 0.29) is 11.8 Å². The Morgan fingerprint density at radius 2 is 1.59 bits per heavy atom. The van der Waals surface area contributed by atoms with Gasteiger partial charge in [-0.3, -0.25) is 9.59 Å². The van der Waals surface area contributed by atoms with Crippen molar-refractivity contribution in [2.24, 2.45) is 0 Å². The molecule has 1 aliphatic rings. The van der Waals surface area contributed by atoms with Crippen molar-refractivity contribution >= 4 is 23.2 Å². The second-order valence-electron chi connectivity index (χ2n) is 8.26. The van der Waals surface area contributed by atoms with Crippen LogP contribution < -0.4 is 14.5 Å². The zero-order valence-electron chi connectivity index (χ0n) is 19.1. The Hall–Kier alpha value is -4.32. The maximum absolute atomic E-state index is 13.6. The van der Waals surface area contributed by atoms with Crippen LogP contribution in [0, 0.1) is 0 Å². The van der Waals surface area contributed by atoms with Gasteiger partial charge in [0, 0.05) is 42.4 Å². The molecule has 2 heterocycles. The molecule has 0 bridgehead atoms. The second-order valence-corrected chi connectivity index (χ2v) is 8.26. The van der Waals surface area contributed by atoms with Crippen molar-refractivity contribution in [2.75, 3.05) is 24.0 Å². The summed E-state index contributed by atoms with van der Waals surface area (Å²) < 4.78 is 7.50. The van der Waals surface area contributed by atoms with E-state index >= 15 is 0 Å². The Balaban J connectivity index is 1.41. The molecule has 2 amide bonds. The number of hydrogen-bond donors (Lipinski definition) is 0. The number of ether oxygens (including phenoxy) is 1. The first kappa shape index (κ1) is 21.5. The highest BCUT2D eigenvalue weighted by Crippen LogP contribution is 2.30. The summed E-state index contributed by atoms with van der Waals surface area (Å²) in [6.45, 7) is 1.23. The quantitative estimate of drug-likeness (QED) is 0.440. The number of benzene rings is 3. The van der Waals surface area contributed by atoms with Crippen molar-refractivity contribution in [3.63, 3.8) is 0 Å². The van der Waals surface area contributed by atoms with Crippen LogP contribution in [0.15, 0.2) is 91.1 Å². The van der Waals surface area contributed by atoms with E-state index in [2.05, 4.69) is 10.6 Å². The fraction of sp³-hybridized carbons (Fsp3) is 0.143. The highest BCUT2D eigenvalue weighted by Gasteiger charge is 2.25. The molecule has 0 saturated carbocycles. The molecule has 0 spiro atoms. The maximum atomic E-state index is 13.6. The number of carbonyl (C=O) groups is 2. The summed E-state index contributed by atoms with van der Waals surface area (Å²) in [4.78, 5) is 30.0. The van der Waals surface area contributed by atoms with Crippen LogP contribution in [0.1, 0.15) is 32.0 Å². The number of fused-ring (bicyclic) bond motifs is 2. The first-order valence-corrected chi connectivity index (χ1v) is 11.1. The molecular formula is C28H25N3O3. The van der Waals surface area contributed by atoms with Crippen molar-refractivity contribution in [1.82, 2.24) is 4.57 Å². The van der Waals surface area contributed by atoms with Crippen molar-refractivity contribution in [3.8, 4) is 5.75 Å². The van der Waals surface area contributed by atoms with E-state index in [9.17, 15) is 9.59 Å². The van der Waals surface area contributed by atoms with Gasteiger partial charge < -0.3 is 19.1 Å². The van der Waals surface area contributed by atoms with E-state index in [1.807, 2.05) is 47.5 Å². The van der Waals surface area contributed by atoms with Crippen LogP contribution in [0.25, 0.3) is 0 Å². The maximum Gasteiger partial charge on any atom is 0.261 e. The molecule has 1 aromatic heterocycles. The van der Waals surface area contributed by atoms with Gasteiger partial charge in [-0.05, 0) is 60.2 Å². The second kappa shape index (κ2) is 8.90. The highest BCUT2D eigenvalue weighted by molar-refractivity contribution is 6.09. The summed E-state index contributed by atoms with van der Waals surface area (Å²) in [5, 5.41) is 0. The van der Waals surface area contributed by atoms with Gasteiger partial charge in [0.15, 0.2) is 0 Å². The SMILES string of the molecule is COc1ccccc1C(=O)N(C)c1ccc(C(=O)N2Cc3cccn3Cc3ccccc32)cc1. The van der Waals surface area contributed by atoms with Crippen LogP contribution in [0.2, 0.25) is 0 Å². The van der Waals surface area contributed by atoms with Gasteiger partial charge in [0.1, 0.15) is 5.75 Å². The van der Waals surface area contributed by atoms with Crippen LogP contribution >= 0.6 is 0 Å². The van der Waals surface area contributed by atoms with E-state index in [1.165, 1.54) is 0 Å². The molecular weight excluding hydrogens is 426 g/mol. The Bertz CT molecular complexity index is 1360. The van der Waals surface area contributed by atoms with E-state index in [0.29, 0.717) is 29.1 Å². The lowest BCUT2D eigenvalue weighted by molar-refractivity contribution is 0.0980. The molecule has 0 N–H and O–H groups in total. The third-order valence-corrected chi connectivity index (χ3v) is 6.26. The number of aromatic nitrogens is 1. The highest BCUT2D eigenvalue weighted by atomic mass is 16.5. The van der Waals surface area contributed by atoms with E-state index in [1.54, 1.807) is 61.5 Å². The fourth-order valence-electron chi connectivity index (χ4n) is 4.37. The minimum Gasteiger partial charge on any atom is -0.496 e. The summed E-state index contributed by atoms with van der Waals surface area (Å²) in [6, 6.07) is 26.4. The minimum atomic E-state index is -0.182. The Labute approximate surface area is 198 Å². The average Bonchev–Trinajstić information content (AvgIpc) is 3.26. The standard InChI is InChI=1S/C28H25N3O3/c1-29(28(33)24-10-4-6-12-26(24)34-2)22-15-13-20(14-16-22)27(32)31-19-23-9-7-17-30(23)18-21-8-3-5-11-25(21)31/h3-17H,18-19H2,1-2H3. The predicted octanol–water partition coefficient (Wildman–Crippen LogP) is 4.98. The molecule has 0 atom stereocenters. The van der Waals surface area contributed by atoms with Gasteiger partial charge >= 0.3 is 0 Å². The molecule has 6 nitrogen and oxygen atoms in total. The van der Waals surface area contributed by atoms with Crippen LogP contribution in [0.5, 0.6) is 5.75 Å². The smallest absolute Gasteiger partial charge is 0.261 e. The molecule has 0 unspecified atom stereocenters. The van der Waals surface area contributed by atoms with Crippen LogP contribution in [-0.4, -0.2) is 30.5 Å². The fourth-order valence-corrected chi connectivity index (χ4v) is 4.37. The third kappa shape index (κ3) is 3.83. The molecule has 0 radical (unpaired) electrons. The average molecular weight is 452 g/mol. The summed E-state index contributed by atoms with van der Waals surface area (Å²) in [5.74, 6) is 0.266. The number of methoxy groups -OCH3 is 1. The molecule has 0 fully saturated rings. The van der Waals surface area contributed by atoms with Gasteiger partial charge in [-0.1, -0.05) is 30.3 Å². The number of nitrogens with zero attached hydrogens (tertiary/aromatic N) is 3. The summed E-state index contributed by atoms with van der Waals surface area (Å²) >= 11 is 0. The molecule has 6 heteroatoms. The first-order chi connectivity index (χ1) is 16.6. The molecule has 5 rings (SSSR count). The number of anilines is 2. The Kier molecular flexibility index (Phi) is 5.64. The van der Waals surface area contributed by atoms with Gasteiger partial charge in [0.25, 0.3) is 11.8 Å². The number of hydrogen-bond acceptors (Lipinski definition) is 3. The lowest BCUT2D eigenvalue weighted by Gasteiger charge is -2.23. The molecule has 0 aliphatic carbocycles. The number of carbonyl (C=O) groups excluding carboxylic acids is 2. The van der Waals surface area contributed by atoms with Crippen LogP contribution in [-0.2, 0) is 13.1 Å². The number of rotatable bonds is 4. The van der Waals surface area contributed by atoms with E-state index in [4.69, 9.17) is 4.74 Å². The third-order valence-electron chi connectivity index (χ3n) is 6.26. The zero-order chi connectivity index (χ0) is 23.7. The number of amides is 2. The zero-order valence-corrected chi connectivity index (χ0v) is 19.1. The lowest BCUT2D eigenvalue weighted by atomic mass is 10.1. The van der Waals surface area contributed by atoms with Gasteiger partial charge in [-0.15, -0.1) is 0 Å². The minimum absolute atomic E-state index is 0.0765. The molecule has 4 aromatic rings. The van der Waals surface area contributed by atoms with Gasteiger partial charge in [0.2, 0.25) is 0 Å². The Morgan fingerprint density at radius 1 is 0.853 bits per heavy atom. The van der Waals surface area contributed by atoms with Gasteiger partial charge in [-0.2, -0.15) is 0 Å². The van der Waals surface area contributed by atoms with E-state index in [0.717, 1.165) is 23.5 Å². The summed E-state index contributed by atoms with van der Waals surface area (Å²) in [7, 11) is 3.26. The molecule has 34 heavy (non-hydrogen) atoms. The number of para-hydroxylation sites is 2. The molecule has 170 valence electrons. The van der Waals surface area contributed by atoms with Crippen LogP contribution in [0.3, 0.4) is 0 Å². The largest absolute Gasteiger partial charge is 0.496 e. The van der Waals surface area contributed by atoms with Crippen molar-refractivity contribution in [2.45, 2.75) is 13.1 Å². The first-order valence-electron chi connectivity index (χ1n) is 11.1. The van der Waals surface area contributed by atoms with Gasteiger partial charge in [-0.25, -0.2) is 0 Å². The predicted molar refractivity (Wildman–Crippen MR) is 133 cm³/mol. The topological polar surface area (TPSA) is 54.8 Å². The van der Waals surface area contributed by atoms with E-state index < -0.39 is 0 Å². The molecule has 1 aliphatic heterocycles. The van der Waals surface area contributed by atoms with Crippen molar-refractivity contribution in [1.29, 1.82) is 0 Å².